The predicted octanol–water partition coefficient (Wildman–Crippen LogP) is 3.69. The van der Waals surface area contributed by atoms with Crippen molar-refractivity contribution in [3.8, 4) is 11.5 Å². The normalized spacial score (nSPS) is 15.1. The van der Waals surface area contributed by atoms with Crippen LogP contribution in [0.2, 0.25) is 0 Å². The number of ether oxygens (including phenoxy) is 1. The summed E-state index contributed by atoms with van der Waals surface area (Å²) < 4.78 is 5.06. The number of rotatable bonds is 5. The van der Waals surface area contributed by atoms with E-state index >= 15 is 0 Å². The molecule has 0 radical (unpaired) electrons. The molecule has 3 amide bonds. The standard InChI is InChI=1S/C21H20N2O5S/c1-12-8-14(9-13(2)19(12)25)10-17-20(26)23(21(27)29-17)11-18(24)22-15-4-6-16(28-3)7-5-15/h4-10,25H,11H2,1-3H3,(H,22,24). The lowest BCUT2D eigenvalue weighted by Crippen LogP contribution is -2.36. The van der Waals surface area contributed by atoms with E-state index in [-0.39, 0.29) is 17.2 Å². The van der Waals surface area contributed by atoms with E-state index in [0.29, 0.717) is 28.1 Å². The minimum absolute atomic E-state index is 0.199. The fourth-order valence-corrected chi connectivity index (χ4v) is 3.72. The van der Waals surface area contributed by atoms with Crippen molar-refractivity contribution in [3.63, 3.8) is 0 Å². The van der Waals surface area contributed by atoms with E-state index in [1.807, 2.05) is 0 Å². The SMILES string of the molecule is COc1ccc(NC(=O)CN2C(=O)SC(=Cc3cc(C)c(O)c(C)c3)C2=O)cc1. The summed E-state index contributed by atoms with van der Waals surface area (Å²) in [4.78, 5) is 38.2. The predicted molar refractivity (Wildman–Crippen MR) is 112 cm³/mol. The van der Waals surface area contributed by atoms with Gasteiger partial charge in [-0.25, -0.2) is 0 Å². The summed E-state index contributed by atoms with van der Waals surface area (Å²) in [7, 11) is 1.54. The van der Waals surface area contributed by atoms with Gasteiger partial charge in [-0.05, 0) is 84.8 Å². The Bertz CT molecular complexity index is 991. The van der Waals surface area contributed by atoms with Gasteiger partial charge in [0.25, 0.3) is 11.1 Å². The molecule has 2 N–H and O–H groups in total. The maximum absolute atomic E-state index is 12.6. The van der Waals surface area contributed by atoms with Crippen molar-refractivity contribution in [2.24, 2.45) is 0 Å². The van der Waals surface area contributed by atoms with Gasteiger partial charge in [0.15, 0.2) is 0 Å². The van der Waals surface area contributed by atoms with Gasteiger partial charge in [-0.1, -0.05) is 0 Å². The number of imide groups is 1. The molecule has 0 saturated carbocycles. The van der Waals surface area contributed by atoms with Gasteiger partial charge in [0.1, 0.15) is 18.0 Å². The van der Waals surface area contributed by atoms with Crippen LogP contribution < -0.4 is 10.1 Å². The fraction of sp³-hybridized carbons (Fsp3) is 0.190. The monoisotopic (exact) mass is 412 g/mol. The van der Waals surface area contributed by atoms with Gasteiger partial charge in [-0.3, -0.25) is 19.3 Å². The maximum Gasteiger partial charge on any atom is 0.294 e. The Kier molecular flexibility index (Phi) is 5.93. The third-order valence-corrected chi connectivity index (χ3v) is 5.27. The molecule has 0 aliphatic carbocycles. The largest absolute Gasteiger partial charge is 0.507 e. The number of phenolic OH excluding ortho intramolecular Hbond substituents is 1. The molecule has 150 valence electrons. The second kappa shape index (κ2) is 8.40. The third kappa shape index (κ3) is 4.60. The Morgan fingerprint density at radius 2 is 1.79 bits per heavy atom. The molecule has 1 aliphatic heterocycles. The molecule has 2 aromatic rings. The van der Waals surface area contributed by atoms with Crippen molar-refractivity contribution >= 4 is 40.6 Å². The first-order valence-electron chi connectivity index (χ1n) is 8.78. The lowest BCUT2D eigenvalue weighted by Gasteiger charge is -2.12. The van der Waals surface area contributed by atoms with E-state index in [0.717, 1.165) is 16.7 Å². The third-order valence-electron chi connectivity index (χ3n) is 4.36. The van der Waals surface area contributed by atoms with Crippen molar-refractivity contribution in [1.82, 2.24) is 4.90 Å². The van der Waals surface area contributed by atoms with Crippen molar-refractivity contribution in [2.75, 3.05) is 19.0 Å². The van der Waals surface area contributed by atoms with Crippen LogP contribution in [0.25, 0.3) is 6.08 Å². The van der Waals surface area contributed by atoms with Crippen LogP contribution in [0, 0.1) is 13.8 Å². The van der Waals surface area contributed by atoms with Crippen LogP contribution in [0.5, 0.6) is 11.5 Å². The van der Waals surface area contributed by atoms with Crippen molar-refractivity contribution in [2.45, 2.75) is 13.8 Å². The summed E-state index contributed by atoms with van der Waals surface area (Å²) >= 11 is 0.785. The number of methoxy groups -OCH3 is 1. The van der Waals surface area contributed by atoms with E-state index in [9.17, 15) is 19.5 Å². The van der Waals surface area contributed by atoms with Crippen molar-refractivity contribution in [1.29, 1.82) is 0 Å². The number of aromatic hydroxyl groups is 1. The Hall–Kier alpha value is -3.26. The zero-order valence-corrected chi connectivity index (χ0v) is 17.0. The molecule has 1 saturated heterocycles. The van der Waals surface area contributed by atoms with Crippen LogP contribution in [0.4, 0.5) is 10.5 Å². The Morgan fingerprint density at radius 3 is 2.38 bits per heavy atom. The van der Waals surface area contributed by atoms with E-state index in [1.165, 1.54) is 0 Å². The molecule has 1 heterocycles. The molecular weight excluding hydrogens is 392 g/mol. The molecule has 8 heteroatoms. The summed E-state index contributed by atoms with van der Waals surface area (Å²) in [5, 5.41) is 12.0. The number of hydrogen-bond donors (Lipinski definition) is 2. The number of nitrogens with zero attached hydrogens (tertiary/aromatic N) is 1. The molecule has 0 spiro atoms. The number of carbonyl (C=O) groups is 3. The molecule has 1 fully saturated rings. The Morgan fingerprint density at radius 1 is 1.17 bits per heavy atom. The van der Waals surface area contributed by atoms with Gasteiger partial charge in [-0.2, -0.15) is 0 Å². The number of phenols is 1. The van der Waals surface area contributed by atoms with E-state index in [4.69, 9.17) is 4.74 Å². The number of nitrogens with one attached hydrogen (secondary N) is 1. The van der Waals surface area contributed by atoms with Crippen molar-refractivity contribution < 1.29 is 24.2 Å². The summed E-state index contributed by atoms with van der Waals surface area (Å²) in [5.41, 5.74) is 2.59. The van der Waals surface area contributed by atoms with Gasteiger partial charge in [0.05, 0.1) is 12.0 Å². The molecule has 0 bridgehead atoms. The number of thioether (sulfide) groups is 1. The van der Waals surface area contributed by atoms with Gasteiger partial charge in [0.2, 0.25) is 5.91 Å². The number of anilines is 1. The summed E-state index contributed by atoms with van der Waals surface area (Å²) in [5.74, 6) is -0.146. The number of benzene rings is 2. The van der Waals surface area contributed by atoms with E-state index in [1.54, 1.807) is 63.4 Å². The van der Waals surface area contributed by atoms with Gasteiger partial charge < -0.3 is 15.2 Å². The average Bonchev–Trinajstić information content (AvgIpc) is 2.94. The number of carbonyl (C=O) groups excluding carboxylic acids is 3. The first-order valence-corrected chi connectivity index (χ1v) is 9.59. The summed E-state index contributed by atoms with van der Waals surface area (Å²) in [6, 6.07) is 10.2. The topological polar surface area (TPSA) is 95.9 Å². The highest BCUT2D eigenvalue weighted by Gasteiger charge is 2.36. The zero-order chi connectivity index (χ0) is 21.1. The van der Waals surface area contributed by atoms with E-state index in [2.05, 4.69) is 5.32 Å². The number of hydrogen-bond acceptors (Lipinski definition) is 6. The van der Waals surface area contributed by atoms with Gasteiger partial charge in [0, 0.05) is 5.69 Å². The lowest BCUT2D eigenvalue weighted by molar-refractivity contribution is -0.127. The van der Waals surface area contributed by atoms with E-state index < -0.39 is 17.1 Å². The first kappa shape index (κ1) is 20.5. The zero-order valence-electron chi connectivity index (χ0n) is 16.2. The lowest BCUT2D eigenvalue weighted by atomic mass is 10.1. The Balaban J connectivity index is 1.70. The molecule has 3 rings (SSSR count). The van der Waals surface area contributed by atoms with Crippen LogP contribution in [0.3, 0.4) is 0 Å². The Labute approximate surface area is 172 Å². The number of aryl methyl sites for hydroxylation is 2. The van der Waals surface area contributed by atoms with Crippen LogP contribution in [0.15, 0.2) is 41.3 Å². The molecule has 7 nitrogen and oxygen atoms in total. The molecule has 29 heavy (non-hydrogen) atoms. The highest BCUT2D eigenvalue weighted by Crippen LogP contribution is 2.33. The van der Waals surface area contributed by atoms with Gasteiger partial charge in [-0.15, -0.1) is 0 Å². The van der Waals surface area contributed by atoms with Crippen LogP contribution >= 0.6 is 11.8 Å². The molecule has 2 aromatic carbocycles. The van der Waals surface area contributed by atoms with Crippen LogP contribution in [-0.2, 0) is 9.59 Å². The minimum atomic E-state index is -0.520. The van der Waals surface area contributed by atoms with Crippen LogP contribution in [0.1, 0.15) is 16.7 Å². The van der Waals surface area contributed by atoms with Crippen molar-refractivity contribution in [3.05, 3.63) is 58.0 Å². The highest BCUT2D eigenvalue weighted by molar-refractivity contribution is 8.18. The maximum atomic E-state index is 12.6. The smallest absolute Gasteiger partial charge is 0.294 e. The second-order valence-corrected chi connectivity index (χ2v) is 7.54. The number of amides is 3. The molecule has 1 aliphatic rings. The first-order chi connectivity index (χ1) is 13.8. The quantitative estimate of drug-likeness (QED) is 0.727. The molecule has 0 atom stereocenters. The highest BCUT2D eigenvalue weighted by atomic mass is 32.2. The van der Waals surface area contributed by atoms with Crippen LogP contribution in [-0.4, -0.2) is 40.7 Å². The second-order valence-electron chi connectivity index (χ2n) is 6.55. The summed E-state index contributed by atoms with van der Waals surface area (Å²) in [6.45, 7) is 3.14. The molecule has 0 unspecified atom stereocenters. The average molecular weight is 412 g/mol. The minimum Gasteiger partial charge on any atom is -0.507 e. The van der Waals surface area contributed by atoms with Gasteiger partial charge >= 0.3 is 0 Å². The summed E-state index contributed by atoms with van der Waals surface area (Å²) in [6.07, 6.45) is 1.59. The fourth-order valence-electron chi connectivity index (χ4n) is 2.88. The molecule has 0 aromatic heterocycles. The molecular formula is C21H20N2O5S.